The normalized spacial score (nSPS) is 12.3. The van der Waals surface area contributed by atoms with Crippen LogP contribution in [-0.2, 0) is 6.54 Å². The Morgan fingerprint density at radius 1 is 1.16 bits per heavy atom. The molecule has 0 bridgehead atoms. The van der Waals surface area contributed by atoms with Crippen molar-refractivity contribution in [1.82, 2.24) is 20.3 Å². The van der Waals surface area contributed by atoms with Crippen LogP contribution in [0.25, 0.3) is 20.3 Å². The molecule has 0 aliphatic heterocycles. The summed E-state index contributed by atoms with van der Waals surface area (Å²) in [7, 11) is 0. The summed E-state index contributed by atoms with van der Waals surface area (Å²) in [6.07, 6.45) is 3.29. The number of carbonyl (C=O) groups is 1. The molecule has 0 fully saturated rings. The van der Waals surface area contributed by atoms with Gasteiger partial charge in [-0.05, 0) is 36.9 Å². The Labute approximate surface area is 191 Å². The summed E-state index contributed by atoms with van der Waals surface area (Å²) in [5.74, 6) is 0.641. The third-order valence-corrected chi connectivity index (χ3v) is 8.28. The molecule has 31 heavy (non-hydrogen) atoms. The SMILES string of the molecule is Cc1c(C(=O)N[C@@H](C)c2nccs2)sc2ncnc(NCc3cc4ccccc4s3)c12. The summed E-state index contributed by atoms with van der Waals surface area (Å²) < 4.78 is 1.27. The fourth-order valence-electron chi connectivity index (χ4n) is 3.49. The highest BCUT2D eigenvalue weighted by atomic mass is 32.1. The van der Waals surface area contributed by atoms with Crippen LogP contribution in [0, 0.1) is 6.92 Å². The van der Waals surface area contributed by atoms with Crippen LogP contribution < -0.4 is 10.6 Å². The molecule has 2 N–H and O–H groups in total. The Hall–Kier alpha value is -2.88. The van der Waals surface area contributed by atoms with Gasteiger partial charge < -0.3 is 10.6 Å². The Morgan fingerprint density at radius 2 is 2.03 bits per heavy atom. The van der Waals surface area contributed by atoms with Gasteiger partial charge in [0.2, 0.25) is 0 Å². The van der Waals surface area contributed by atoms with E-state index in [1.165, 1.54) is 37.6 Å². The van der Waals surface area contributed by atoms with Gasteiger partial charge in [-0.15, -0.1) is 34.0 Å². The molecule has 0 unspecified atom stereocenters. The predicted octanol–water partition coefficient (Wildman–Crippen LogP) is 5.77. The zero-order chi connectivity index (χ0) is 21.4. The number of aryl methyl sites for hydroxylation is 1. The number of thiazole rings is 1. The van der Waals surface area contributed by atoms with Crippen LogP contribution in [0.4, 0.5) is 5.82 Å². The fourth-order valence-corrected chi connectivity index (χ4v) is 6.19. The third kappa shape index (κ3) is 3.91. The molecule has 0 spiro atoms. The third-order valence-electron chi connectivity index (χ3n) is 5.01. The van der Waals surface area contributed by atoms with Crippen molar-refractivity contribution in [3.8, 4) is 0 Å². The largest absolute Gasteiger partial charge is 0.365 e. The number of benzene rings is 1. The lowest BCUT2D eigenvalue weighted by atomic mass is 10.2. The number of thiophene rings is 2. The van der Waals surface area contributed by atoms with Gasteiger partial charge in [-0.25, -0.2) is 15.0 Å². The van der Waals surface area contributed by atoms with Crippen LogP contribution in [-0.4, -0.2) is 20.9 Å². The summed E-state index contributed by atoms with van der Waals surface area (Å²) >= 11 is 4.69. The molecule has 4 heterocycles. The van der Waals surface area contributed by atoms with Crippen LogP contribution in [0.2, 0.25) is 0 Å². The van der Waals surface area contributed by atoms with Crippen molar-refractivity contribution in [2.24, 2.45) is 0 Å². The maximum Gasteiger partial charge on any atom is 0.262 e. The second kappa shape index (κ2) is 8.33. The average molecular weight is 466 g/mol. The second-order valence-corrected chi connectivity index (χ2v) is 10.2. The number of fused-ring (bicyclic) bond motifs is 2. The molecule has 5 aromatic rings. The van der Waals surface area contributed by atoms with E-state index in [-0.39, 0.29) is 11.9 Å². The van der Waals surface area contributed by atoms with E-state index in [4.69, 9.17) is 0 Å². The smallest absolute Gasteiger partial charge is 0.262 e. The molecule has 5 rings (SSSR count). The van der Waals surface area contributed by atoms with Gasteiger partial charge in [-0.3, -0.25) is 4.79 Å². The molecule has 1 aromatic carbocycles. The van der Waals surface area contributed by atoms with Gasteiger partial charge in [-0.2, -0.15) is 0 Å². The van der Waals surface area contributed by atoms with Gasteiger partial charge in [0.25, 0.3) is 5.91 Å². The lowest BCUT2D eigenvalue weighted by Crippen LogP contribution is -2.26. The number of rotatable bonds is 6. The van der Waals surface area contributed by atoms with Gasteiger partial charge in [0.1, 0.15) is 22.0 Å². The van der Waals surface area contributed by atoms with Crippen molar-refractivity contribution in [2.45, 2.75) is 26.4 Å². The number of nitrogens with zero attached hydrogens (tertiary/aromatic N) is 3. The number of amides is 1. The Kier molecular flexibility index (Phi) is 5.39. The maximum atomic E-state index is 12.9. The predicted molar refractivity (Wildman–Crippen MR) is 129 cm³/mol. The topological polar surface area (TPSA) is 79.8 Å². The van der Waals surface area contributed by atoms with E-state index in [1.54, 1.807) is 23.9 Å². The summed E-state index contributed by atoms with van der Waals surface area (Å²) in [5, 5.41) is 11.4. The zero-order valence-corrected chi connectivity index (χ0v) is 19.3. The maximum absolute atomic E-state index is 12.9. The molecule has 0 aliphatic rings. The van der Waals surface area contributed by atoms with E-state index < -0.39 is 0 Å². The van der Waals surface area contributed by atoms with Gasteiger partial charge in [0.15, 0.2) is 0 Å². The summed E-state index contributed by atoms with van der Waals surface area (Å²) in [5.41, 5.74) is 0.892. The first kappa shape index (κ1) is 20.0. The van der Waals surface area contributed by atoms with Crippen molar-refractivity contribution in [3.05, 3.63) is 68.6 Å². The van der Waals surface area contributed by atoms with Crippen molar-refractivity contribution in [1.29, 1.82) is 0 Å². The lowest BCUT2D eigenvalue weighted by molar-refractivity contribution is 0.0943. The molecule has 0 saturated heterocycles. The van der Waals surface area contributed by atoms with Crippen molar-refractivity contribution < 1.29 is 4.79 Å². The van der Waals surface area contributed by atoms with Crippen LogP contribution >= 0.6 is 34.0 Å². The quantitative estimate of drug-likeness (QED) is 0.333. The number of hydrogen-bond donors (Lipinski definition) is 2. The Balaban J connectivity index is 1.39. The number of hydrogen-bond acceptors (Lipinski definition) is 8. The van der Waals surface area contributed by atoms with Crippen molar-refractivity contribution >= 4 is 66.0 Å². The molecule has 9 heteroatoms. The summed E-state index contributed by atoms with van der Waals surface area (Å²) in [6.45, 7) is 4.57. The Morgan fingerprint density at radius 3 is 2.84 bits per heavy atom. The highest BCUT2D eigenvalue weighted by Gasteiger charge is 2.21. The lowest BCUT2D eigenvalue weighted by Gasteiger charge is -2.10. The van der Waals surface area contributed by atoms with Crippen LogP contribution in [0.15, 0.2) is 48.2 Å². The summed E-state index contributed by atoms with van der Waals surface area (Å²) in [6, 6.07) is 10.4. The van der Waals surface area contributed by atoms with Crippen LogP contribution in [0.5, 0.6) is 0 Å². The van der Waals surface area contributed by atoms with Gasteiger partial charge >= 0.3 is 0 Å². The van der Waals surface area contributed by atoms with Crippen LogP contribution in [0.1, 0.15) is 38.1 Å². The highest BCUT2D eigenvalue weighted by molar-refractivity contribution is 7.20. The first-order valence-corrected chi connectivity index (χ1v) is 12.3. The van der Waals surface area contributed by atoms with Gasteiger partial charge in [0, 0.05) is 21.2 Å². The van der Waals surface area contributed by atoms with Crippen molar-refractivity contribution in [2.75, 3.05) is 5.32 Å². The summed E-state index contributed by atoms with van der Waals surface area (Å²) in [4.78, 5) is 28.8. The van der Waals surface area contributed by atoms with E-state index >= 15 is 0 Å². The van der Waals surface area contributed by atoms with Crippen LogP contribution in [0.3, 0.4) is 0 Å². The first-order chi connectivity index (χ1) is 15.1. The number of nitrogens with one attached hydrogen (secondary N) is 2. The minimum absolute atomic E-state index is 0.112. The monoisotopic (exact) mass is 465 g/mol. The first-order valence-electron chi connectivity index (χ1n) is 9.76. The minimum Gasteiger partial charge on any atom is -0.365 e. The zero-order valence-electron chi connectivity index (χ0n) is 16.9. The van der Waals surface area contributed by atoms with E-state index in [9.17, 15) is 4.79 Å². The number of aromatic nitrogens is 3. The highest BCUT2D eigenvalue weighted by Crippen LogP contribution is 2.34. The molecular weight excluding hydrogens is 446 g/mol. The molecule has 156 valence electrons. The average Bonchev–Trinajstić information content (AvgIpc) is 3.51. The molecule has 1 atom stereocenters. The van der Waals surface area contributed by atoms with Gasteiger partial charge in [-0.1, -0.05) is 18.2 Å². The van der Waals surface area contributed by atoms with Crippen molar-refractivity contribution in [3.63, 3.8) is 0 Å². The minimum atomic E-state index is -0.145. The molecule has 0 saturated carbocycles. The van der Waals surface area contributed by atoms with Gasteiger partial charge in [0.05, 0.1) is 22.8 Å². The van der Waals surface area contributed by atoms with E-state index in [2.05, 4.69) is 55.9 Å². The molecule has 1 amide bonds. The Bertz CT molecular complexity index is 1340. The number of carbonyl (C=O) groups excluding carboxylic acids is 1. The fraction of sp³-hybridized carbons (Fsp3) is 0.182. The van der Waals surface area contributed by atoms with E-state index in [1.807, 2.05) is 19.2 Å². The number of anilines is 1. The molecule has 4 aromatic heterocycles. The van der Waals surface area contributed by atoms with E-state index in [0.29, 0.717) is 11.4 Å². The molecular formula is C22H19N5OS3. The standard InChI is InChI=1S/C22H19N5OS3/c1-12-17-19(24-10-15-9-14-5-3-4-6-16(14)30-15)25-11-26-22(17)31-18(12)20(28)27-13(2)21-23-7-8-29-21/h3-9,11,13H,10H2,1-2H3,(H,27,28)(H,24,25,26)/t13-/m0/s1. The molecule has 6 nitrogen and oxygen atoms in total. The van der Waals surface area contributed by atoms with E-state index in [0.717, 1.165) is 26.6 Å². The molecule has 0 radical (unpaired) electrons. The molecule has 0 aliphatic carbocycles. The second-order valence-electron chi connectivity index (χ2n) is 7.13.